The molecule has 0 unspecified atom stereocenters. The highest BCUT2D eigenvalue weighted by Gasteiger charge is 2.28. The van der Waals surface area contributed by atoms with Crippen LogP contribution in [0.3, 0.4) is 0 Å². The second kappa shape index (κ2) is 14.6. The van der Waals surface area contributed by atoms with Gasteiger partial charge < -0.3 is 14.5 Å². The van der Waals surface area contributed by atoms with E-state index < -0.39 is 0 Å². The molecule has 0 bridgehead atoms. The Bertz CT molecular complexity index is 3060. The van der Waals surface area contributed by atoms with Crippen LogP contribution in [-0.2, 0) is 0 Å². The summed E-state index contributed by atoms with van der Waals surface area (Å²) in [6.07, 6.45) is 0. The highest BCUT2D eigenvalue weighted by atomic mass is 16.5. The fraction of sp³-hybridized carbons (Fsp3) is 0. The number of benzene rings is 10. The van der Waals surface area contributed by atoms with Crippen molar-refractivity contribution in [2.24, 2.45) is 0 Å². The monoisotopic (exact) mass is 754 g/mol. The summed E-state index contributed by atoms with van der Waals surface area (Å²) in [5.74, 6) is 1.69. The van der Waals surface area contributed by atoms with Crippen LogP contribution < -0.4 is 14.5 Å². The van der Waals surface area contributed by atoms with Crippen molar-refractivity contribution in [3.63, 3.8) is 0 Å². The summed E-state index contributed by atoms with van der Waals surface area (Å²) in [6.45, 7) is 0. The number of para-hydroxylation sites is 2. The van der Waals surface area contributed by atoms with E-state index in [4.69, 9.17) is 4.74 Å². The van der Waals surface area contributed by atoms with Gasteiger partial charge in [0.05, 0.1) is 11.4 Å². The summed E-state index contributed by atoms with van der Waals surface area (Å²) in [6, 6.07) is 82.1. The fourth-order valence-electron chi connectivity index (χ4n) is 8.74. The van der Waals surface area contributed by atoms with Crippen LogP contribution in [0.15, 0.2) is 231 Å². The molecule has 0 amide bonds. The maximum atomic E-state index is 6.88. The largest absolute Gasteiger partial charge is 0.456 e. The quantitative estimate of drug-likeness (QED) is 0.154. The number of hydrogen-bond donors (Lipinski definition) is 0. The van der Waals surface area contributed by atoms with Gasteiger partial charge in [-0.1, -0.05) is 158 Å². The lowest BCUT2D eigenvalue weighted by molar-refractivity contribution is 0.487. The number of anilines is 6. The molecule has 10 aromatic rings. The van der Waals surface area contributed by atoms with Gasteiger partial charge in [-0.2, -0.15) is 0 Å². The minimum absolute atomic E-state index is 0.837. The van der Waals surface area contributed by atoms with Crippen molar-refractivity contribution < 1.29 is 4.74 Å². The second-order valence-electron chi connectivity index (χ2n) is 14.9. The van der Waals surface area contributed by atoms with Crippen LogP contribution in [-0.4, -0.2) is 0 Å². The van der Waals surface area contributed by atoms with Crippen LogP contribution in [0, 0.1) is 0 Å². The minimum Gasteiger partial charge on any atom is -0.456 e. The molecular weight excluding hydrogens is 717 g/mol. The van der Waals surface area contributed by atoms with Gasteiger partial charge in [-0.3, -0.25) is 0 Å². The number of ether oxygens (including phenoxy) is 1. The summed E-state index contributed by atoms with van der Waals surface area (Å²) in [5, 5.41) is 4.68. The molecule has 1 heterocycles. The molecule has 278 valence electrons. The van der Waals surface area contributed by atoms with Crippen LogP contribution in [0.2, 0.25) is 0 Å². The van der Waals surface area contributed by atoms with E-state index in [2.05, 4.69) is 240 Å². The highest BCUT2D eigenvalue weighted by Crippen LogP contribution is 2.54. The van der Waals surface area contributed by atoms with Crippen molar-refractivity contribution >= 4 is 55.7 Å². The number of nitrogens with zero attached hydrogens (tertiary/aromatic N) is 2. The SMILES string of the molecule is c1ccc(-c2ccc(N(c3ccc(-c4cccc5ccccc45)cc3)c3ccc4c5c(cccc35)-c3c(cccc3N(c3ccccc3)c3ccccc3)O4)cc2)cc1. The zero-order valence-electron chi connectivity index (χ0n) is 32.2. The van der Waals surface area contributed by atoms with Gasteiger partial charge in [0.25, 0.3) is 0 Å². The summed E-state index contributed by atoms with van der Waals surface area (Å²) in [5.41, 5.74) is 13.4. The summed E-state index contributed by atoms with van der Waals surface area (Å²) < 4.78 is 6.88. The molecule has 0 atom stereocenters. The summed E-state index contributed by atoms with van der Waals surface area (Å²) >= 11 is 0. The van der Waals surface area contributed by atoms with E-state index in [0.717, 1.165) is 67.5 Å². The minimum atomic E-state index is 0.837. The van der Waals surface area contributed by atoms with Gasteiger partial charge in [-0.05, 0) is 111 Å². The predicted molar refractivity (Wildman–Crippen MR) is 247 cm³/mol. The van der Waals surface area contributed by atoms with Crippen molar-refractivity contribution in [2.75, 3.05) is 9.80 Å². The number of fused-ring (bicyclic) bond motifs is 3. The number of rotatable bonds is 8. The normalized spacial score (nSPS) is 11.5. The van der Waals surface area contributed by atoms with Gasteiger partial charge in [-0.15, -0.1) is 0 Å². The molecule has 0 spiro atoms. The molecule has 0 fully saturated rings. The molecule has 0 radical (unpaired) electrons. The van der Waals surface area contributed by atoms with Crippen molar-refractivity contribution in [2.45, 2.75) is 0 Å². The molecule has 1 aliphatic rings. The standard InChI is InChI=1S/C56H38N2O/c1-4-15-39(16-5-1)40-29-33-45(34-30-40)57(46-35-31-42(32-36-46)48-24-12-18-41-17-10-11-23-47(41)48)51-37-38-54-55-49(51)25-13-26-50(55)56-52(27-14-28-53(56)59-54)58(43-19-6-2-7-20-43)44-21-8-3-9-22-44/h1-38H. The Hall–Kier alpha value is -7.88. The molecule has 0 saturated heterocycles. The molecule has 1 aliphatic heterocycles. The van der Waals surface area contributed by atoms with Crippen LogP contribution in [0.1, 0.15) is 0 Å². The first-order valence-electron chi connectivity index (χ1n) is 20.1. The lowest BCUT2D eigenvalue weighted by atomic mass is 9.91. The third-order valence-corrected chi connectivity index (χ3v) is 11.4. The van der Waals surface area contributed by atoms with Crippen molar-refractivity contribution in [1.29, 1.82) is 0 Å². The molecular formula is C56H38N2O. The first kappa shape index (κ1) is 34.4. The fourth-order valence-corrected chi connectivity index (χ4v) is 8.74. The van der Waals surface area contributed by atoms with Gasteiger partial charge in [0.15, 0.2) is 0 Å². The van der Waals surface area contributed by atoms with E-state index in [1.54, 1.807) is 0 Å². The Labute approximate surface area is 344 Å². The lowest BCUT2D eigenvalue weighted by Gasteiger charge is -2.32. The maximum absolute atomic E-state index is 6.88. The van der Waals surface area contributed by atoms with Crippen LogP contribution in [0.25, 0.3) is 54.9 Å². The highest BCUT2D eigenvalue weighted by molar-refractivity contribution is 6.13. The average molecular weight is 755 g/mol. The van der Waals surface area contributed by atoms with Gasteiger partial charge in [0, 0.05) is 39.1 Å². The third kappa shape index (κ3) is 6.08. The van der Waals surface area contributed by atoms with Crippen LogP contribution in [0.5, 0.6) is 11.5 Å². The Kier molecular flexibility index (Phi) is 8.49. The molecule has 0 aromatic heterocycles. The summed E-state index contributed by atoms with van der Waals surface area (Å²) in [4.78, 5) is 4.71. The van der Waals surface area contributed by atoms with Gasteiger partial charge in [0.1, 0.15) is 11.5 Å². The van der Waals surface area contributed by atoms with E-state index in [1.165, 1.54) is 33.0 Å². The molecule has 0 N–H and O–H groups in total. The zero-order valence-corrected chi connectivity index (χ0v) is 32.2. The van der Waals surface area contributed by atoms with Gasteiger partial charge in [-0.25, -0.2) is 0 Å². The topological polar surface area (TPSA) is 15.7 Å². The molecule has 0 saturated carbocycles. The Morgan fingerprint density at radius 1 is 0.288 bits per heavy atom. The zero-order chi connectivity index (χ0) is 39.1. The first-order valence-corrected chi connectivity index (χ1v) is 20.1. The predicted octanol–water partition coefficient (Wildman–Crippen LogP) is 16.0. The van der Waals surface area contributed by atoms with E-state index >= 15 is 0 Å². The molecule has 0 aliphatic carbocycles. The Morgan fingerprint density at radius 2 is 0.797 bits per heavy atom. The molecule has 3 nitrogen and oxygen atoms in total. The second-order valence-corrected chi connectivity index (χ2v) is 14.9. The van der Waals surface area contributed by atoms with Gasteiger partial charge in [0.2, 0.25) is 0 Å². The first-order chi connectivity index (χ1) is 29.3. The average Bonchev–Trinajstić information content (AvgIpc) is 3.31. The molecule has 11 rings (SSSR count). The molecule has 3 heteroatoms. The maximum Gasteiger partial charge on any atom is 0.137 e. The van der Waals surface area contributed by atoms with Crippen molar-refractivity contribution in [3.8, 4) is 44.9 Å². The van der Waals surface area contributed by atoms with Crippen molar-refractivity contribution in [3.05, 3.63) is 231 Å². The van der Waals surface area contributed by atoms with E-state index in [0.29, 0.717) is 0 Å². The molecule has 10 aromatic carbocycles. The van der Waals surface area contributed by atoms with Crippen molar-refractivity contribution in [1.82, 2.24) is 0 Å². The molecule has 59 heavy (non-hydrogen) atoms. The van der Waals surface area contributed by atoms with Crippen LogP contribution >= 0.6 is 0 Å². The van der Waals surface area contributed by atoms with Crippen LogP contribution in [0.4, 0.5) is 34.1 Å². The Morgan fingerprint density at radius 3 is 1.51 bits per heavy atom. The Balaban J connectivity index is 1.09. The smallest absolute Gasteiger partial charge is 0.137 e. The number of hydrogen-bond acceptors (Lipinski definition) is 3. The van der Waals surface area contributed by atoms with E-state index in [1.807, 2.05) is 0 Å². The van der Waals surface area contributed by atoms with E-state index in [-0.39, 0.29) is 0 Å². The van der Waals surface area contributed by atoms with E-state index in [9.17, 15) is 0 Å². The summed E-state index contributed by atoms with van der Waals surface area (Å²) in [7, 11) is 0. The third-order valence-electron chi connectivity index (χ3n) is 11.4. The lowest BCUT2D eigenvalue weighted by Crippen LogP contribution is -2.13. The van der Waals surface area contributed by atoms with Gasteiger partial charge >= 0.3 is 0 Å².